The lowest BCUT2D eigenvalue weighted by molar-refractivity contribution is 0.207. The summed E-state index contributed by atoms with van der Waals surface area (Å²) in [4.78, 5) is 0. The highest BCUT2D eigenvalue weighted by atomic mass is 16.3. The molecular weight excluding hydrogens is 214 g/mol. The molecule has 0 radical (unpaired) electrons. The highest BCUT2D eigenvalue weighted by Gasteiger charge is 2.26. The molecule has 0 aliphatic rings. The van der Waals surface area contributed by atoms with Gasteiger partial charge in [-0.3, -0.25) is 5.10 Å². The number of rotatable bonds is 4. The van der Waals surface area contributed by atoms with Gasteiger partial charge in [-0.05, 0) is 6.07 Å². The Balaban J connectivity index is 2.34. The number of aliphatic hydroxyl groups is 1. The molecule has 0 aliphatic heterocycles. The first-order valence-corrected chi connectivity index (χ1v) is 5.62. The van der Waals surface area contributed by atoms with Crippen LogP contribution in [0, 0.1) is 0 Å². The molecule has 2 aromatic rings. The highest BCUT2D eigenvalue weighted by Crippen LogP contribution is 2.24. The Morgan fingerprint density at radius 2 is 2.06 bits per heavy atom. The van der Waals surface area contributed by atoms with Crippen molar-refractivity contribution in [3.63, 3.8) is 0 Å². The maximum Gasteiger partial charge on any atom is 0.0923 e. The zero-order valence-corrected chi connectivity index (χ0v) is 9.85. The first kappa shape index (κ1) is 11.8. The van der Waals surface area contributed by atoms with Crippen LogP contribution in [0.2, 0.25) is 0 Å². The van der Waals surface area contributed by atoms with Crippen molar-refractivity contribution in [3.05, 3.63) is 42.1 Å². The van der Waals surface area contributed by atoms with Crippen molar-refractivity contribution in [2.45, 2.75) is 12.3 Å². The maximum absolute atomic E-state index is 9.39. The lowest BCUT2D eigenvalue weighted by Crippen LogP contribution is -2.35. The van der Waals surface area contributed by atoms with Crippen molar-refractivity contribution in [3.8, 4) is 11.3 Å². The summed E-state index contributed by atoms with van der Waals surface area (Å²) in [6.45, 7) is 2.29. The van der Waals surface area contributed by atoms with Crippen LogP contribution >= 0.6 is 0 Å². The van der Waals surface area contributed by atoms with Gasteiger partial charge in [0.2, 0.25) is 0 Å². The van der Waals surface area contributed by atoms with Gasteiger partial charge in [-0.2, -0.15) is 5.10 Å². The molecule has 4 nitrogen and oxygen atoms in total. The van der Waals surface area contributed by atoms with E-state index in [2.05, 4.69) is 10.2 Å². The van der Waals surface area contributed by atoms with Crippen LogP contribution in [0.3, 0.4) is 0 Å². The van der Waals surface area contributed by atoms with Crippen LogP contribution in [0.5, 0.6) is 0 Å². The molecule has 90 valence electrons. The number of benzene rings is 1. The molecule has 0 aliphatic carbocycles. The first-order chi connectivity index (χ1) is 8.19. The minimum Gasteiger partial charge on any atom is -0.395 e. The van der Waals surface area contributed by atoms with Gasteiger partial charge in [0.25, 0.3) is 0 Å². The number of nitrogens with two attached hydrogens (primary N) is 1. The average molecular weight is 231 g/mol. The van der Waals surface area contributed by atoms with Crippen molar-refractivity contribution in [2.24, 2.45) is 5.73 Å². The Morgan fingerprint density at radius 3 is 2.65 bits per heavy atom. The lowest BCUT2D eigenvalue weighted by atomic mass is 9.87. The van der Waals surface area contributed by atoms with Crippen LogP contribution in [-0.4, -0.2) is 28.5 Å². The summed E-state index contributed by atoms with van der Waals surface area (Å²) < 4.78 is 0. The zero-order chi connectivity index (χ0) is 12.3. The number of nitrogens with zero attached hydrogens (tertiary/aromatic N) is 1. The van der Waals surface area contributed by atoms with E-state index in [-0.39, 0.29) is 6.61 Å². The normalized spacial score (nSPS) is 14.5. The van der Waals surface area contributed by atoms with Crippen LogP contribution < -0.4 is 5.73 Å². The lowest BCUT2D eigenvalue weighted by Gasteiger charge is -2.23. The number of nitrogens with one attached hydrogen (secondary N) is 1. The van der Waals surface area contributed by atoms with Gasteiger partial charge < -0.3 is 10.8 Å². The van der Waals surface area contributed by atoms with Crippen LogP contribution in [0.15, 0.2) is 36.4 Å². The largest absolute Gasteiger partial charge is 0.395 e. The number of aromatic amines is 1. The number of hydrogen-bond donors (Lipinski definition) is 3. The van der Waals surface area contributed by atoms with E-state index >= 15 is 0 Å². The molecule has 2 rings (SSSR count). The molecule has 1 aromatic heterocycles. The minimum atomic E-state index is -0.458. The van der Waals surface area contributed by atoms with Gasteiger partial charge in [-0.25, -0.2) is 0 Å². The Bertz CT molecular complexity index is 474. The molecule has 17 heavy (non-hydrogen) atoms. The summed E-state index contributed by atoms with van der Waals surface area (Å²) in [5.74, 6) is 0. The van der Waals surface area contributed by atoms with E-state index in [0.717, 1.165) is 17.0 Å². The van der Waals surface area contributed by atoms with E-state index in [0.29, 0.717) is 6.54 Å². The maximum atomic E-state index is 9.39. The SMILES string of the molecule is CC(CN)(CO)c1cc(-c2ccccc2)n[nH]1. The number of H-pyrrole nitrogens is 1. The van der Waals surface area contributed by atoms with Gasteiger partial charge in [-0.1, -0.05) is 37.3 Å². The Kier molecular flexibility index (Phi) is 3.26. The molecule has 1 heterocycles. The zero-order valence-electron chi connectivity index (χ0n) is 9.85. The fraction of sp³-hybridized carbons (Fsp3) is 0.308. The van der Waals surface area contributed by atoms with Gasteiger partial charge in [0.1, 0.15) is 0 Å². The molecule has 0 fully saturated rings. The monoisotopic (exact) mass is 231 g/mol. The summed E-state index contributed by atoms with van der Waals surface area (Å²) in [7, 11) is 0. The Morgan fingerprint density at radius 1 is 1.35 bits per heavy atom. The molecule has 0 bridgehead atoms. The predicted octanol–water partition coefficient (Wildman–Crippen LogP) is 1.29. The van der Waals surface area contributed by atoms with Gasteiger partial charge in [0, 0.05) is 23.2 Å². The van der Waals surface area contributed by atoms with Crippen molar-refractivity contribution in [1.29, 1.82) is 0 Å². The van der Waals surface area contributed by atoms with Crippen molar-refractivity contribution >= 4 is 0 Å². The minimum absolute atomic E-state index is 0.0000764. The number of aliphatic hydroxyl groups excluding tert-OH is 1. The molecule has 0 saturated heterocycles. The van der Waals surface area contributed by atoms with E-state index < -0.39 is 5.41 Å². The van der Waals surface area contributed by atoms with Gasteiger partial charge in [0.15, 0.2) is 0 Å². The van der Waals surface area contributed by atoms with Crippen molar-refractivity contribution in [1.82, 2.24) is 10.2 Å². The van der Waals surface area contributed by atoms with Crippen LogP contribution in [0.25, 0.3) is 11.3 Å². The van der Waals surface area contributed by atoms with Crippen LogP contribution in [0.4, 0.5) is 0 Å². The smallest absolute Gasteiger partial charge is 0.0923 e. The fourth-order valence-electron chi connectivity index (χ4n) is 1.65. The molecule has 1 unspecified atom stereocenters. The summed E-state index contributed by atoms with van der Waals surface area (Å²) in [5.41, 5.74) is 8.01. The molecular formula is C13H17N3O. The second-order valence-corrected chi connectivity index (χ2v) is 4.46. The second-order valence-electron chi connectivity index (χ2n) is 4.46. The molecule has 4 heteroatoms. The quantitative estimate of drug-likeness (QED) is 0.742. The summed E-state index contributed by atoms with van der Waals surface area (Å²) >= 11 is 0. The van der Waals surface area contributed by atoms with Gasteiger partial charge in [0.05, 0.1) is 12.3 Å². The predicted molar refractivity (Wildman–Crippen MR) is 67.5 cm³/mol. The van der Waals surface area contributed by atoms with Crippen LogP contribution in [0.1, 0.15) is 12.6 Å². The molecule has 0 spiro atoms. The molecule has 1 atom stereocenters. The first-order valence-electron chi connectivity index (χ1n) is 5.62. The average Bonchev–Trinajstić information content (AvgIpc) is 2.89. The Labute approximate surface area is 100 Å². The molecule has 1 aromatic carbocycles. The Hall–Kier alpha value is -1.65. The van der Waals surface area contributed by atoms with Crippen LogP contribution in [-0.2, 0) is 5.41 Å². The van der Waals surface area contributed by atoms with E-state index in [9.17, 15) is 5.11 Å². The standard InChI is InChI=1S/C13H17N3O/c1-13(8-14,9-17)12-7-11(15-16-12)10-5-3-2-4-6-10/h2-7,17H,8-9,14H2,1H3,(H,15,16). The van der Waals surface area contributed by atoms with Gasteiger partial charge >= 0.3 is 0 Å². The third-order valence-corrected chi connectivity index (χ3v) is 3.10. The molecule has 0 amide bonds. The van der Waals surface area contributed by atoms with E-state index in [1.165, 1.54) is 0 Å². The second kappa shape index (κ2) is 4.69. The highest BCUT2D eigenvalue weighted by molar-refractivity contribution is 5.59. The van der Waals surface area contributed by atoms with E-state index in [1.54, 1.807) is 0 Å². The third kappa shape index (κ3) is 2.23. The molecule has 0 saturated carbocycles. The molecule has 4 N–H and O–H groups in total. The van der Waals surface area contributed by atoms with E-state index in [1.807, 2.05) is 43.3 Å². The van der Waals surface area contributed by atoms with Gasteiger partial charge in [-0.15, -0.1) is 0 Å². The van der Waals surface area contributed by atoms with E-state index in [4.69, 9.17) is 5.73 Å². The van der Waals surface area contributed by atoms with Crippen molar-refractivity contribution in [2.75, 3.05) is 13.2 Å². The summed E-state index contributed by atoms with van der Waals surface area (Å²) in [6.07, 6.45) is 0. The third-order valence-electron chi connectivity index (χ3n) is 3.10. The summed E-state index contributed by atoms with van der Waals surface area (Å²) in [5, 5.41) is 16.6. The van der Waals surface area contributed by atoms with Crippen molar-refractivity contribution < 1.29 is 5.11 Å². The topological polar surface area (TPSA) is 74.9 Å². The summed E-state index contributed by atoms with van der Waals surface area (Å²) in [6, 6.07) is 11.8. The fourth-order valence-corrected chi connectivity index (χ4v) is 1.65. The number of hydrogen-bond acceptors (Lipinski definition) is 3. The number of aromatic nitrogens is 2.